The third kappa shape index (κ3) is 5.18. The van der Waals surface area contributed by atoms with E-state index in [-0.39, 0.29) is 12.3 Å². The second-order valence-corrected chi connectivity index (χ2v) is 4.58. The highest BCUT2D eigenvalue weighted by Crippen LogP contribution is 2.24. The molecule has 19 heavy (non-hydrogen) atoms. The van der Waals surface area contributed by atoms with Gasteiger partial charge in [-0.2, -0.15) is 0 Å². The van der Waals surface area contributed by atoms with E-state index in [9.17, 15) is 4.79 Å². The molecule has 5 heteroatoms. The number of rotatable bonds is 7. The lowest BCUT2D eigenvalue weighted by atomic mass is 10.1. The van der Waals surface area contributed by atoms with Crippen LogP contribution >= 0.6 is 0 Å². The molecule has 0 spiro atoms. The number of benzene rings is 1. The van der Waals surface area contributed by atoms with Gasteiger partial charge in [-0.05, 0) is 12.0 Å². The van der Waals surface area contributed by atoms with Crippen LogP contribution in [0.15, 0.2) is 18.2 Å². The summed E-state index contributed by atoms with van der Waals surface area (Å²) in [6.07, 6.45) is 0.200. The molecule has 1 amide bonds. The first kappa shape index (κ1) is 15.3. The Morgan fingerprint density at radius 2 is 2.00 bits per heavy atom. The van der Waals surface area contributed by atoms with Crippen LogP contribution in [0.3, 0.4) is 0 Å². The van der Waals surface area contributed by atoms with E-state index in [1.54, 1.807) is 32.4 Å². The van der Waals surface area contributed by atoms with Gasteiger partial charge in [-0.1, -0.05) is 19.9 Å². The van der Waals surface area contributed by atoms with Crippen molar-refractivity contribution < 1.29 is 19.1 Å². The lowest BCUT2D eigenvalue weighted by molar-refractivity contribution is -0.133. The van der Waals surface area contributed by atoms with Crippen LogP contribution < -0.4 is 15.0 Å². The van der Waals surface area contributed by atoms with Gasteiger partial charge in [0.1, 0.15) is 11.5 Å². The molecule has 0 unspecified atom stereocenters. The van der Waals surface area contributed by atoms with Crippen molar-refractivity contribution in [2.45, 2.75) is 20.3 Å². The Balaban J connectivity index is 2.58. The minimum absolute atomic E-state index is 0.200. The van der Waals surface area contributed by atoms with Crippen molar-refractivity contribution in [3.8, 4) is 11.5 Å². The molecule has 0 aliphatic rings. The van der Waals surface area contributed by atoms with Crippen LogP contribution in [0, 0.1) is 5.92 Å². The van der Waals surface area contributed by atoms with Gasteiger partial charge in [-0.15, -0.1) is 0 Å². The number of methoxy groups -OCH3 is 2. The molecule has 1 aromatic carbocycles. The van der Waals surface area contributed by atoms with Crippen molar-refractivity contribution in [1.82, 2.24) is 5.48 Å². The van der Waals surface area contributed by atoms with E-state index in [1.165, 1.54) is 0 Å². The Kier molecular flexibility index (Phi) is 6.15. The normalized spacial score (nSPS) is 10.4. The Morgan fingerprint density at radius 1 is 1.26 bits per heavy atom. The number of hydrogen-bond donors (Lipinski definition) is 1. The van der Waals surface area contributed by atoms with E-state index >= 15 is 0 Å². The summed E-state index contributed by atoms with van der Waals surface area (Å²) in [5.74, 6) is 1.48. The second-order valence-electron chi connectivity index (χ2n) is 4.58. The highest BCUT2D eigenvalue weighted by molar-refractivity contribution is 5.78. The first-order chi connectivity index (χ1) is 9.06. The standard InChI is InChI=1S/C14H21NO4/c1-10(2)9-19-15-14(16)7-11-5-6-12(17-3)8-13(11)18-4/h5-6,8,10H,7,9H2,1-4H3,(H,15,16). The molecule has 1 N–H and O–H groups in total. The van der Waals surface area contributed by atoms with Gasteiger partial charge >= 0.3 is 0 Å². The van der Waals surface area contributed by atoms with E-state index in [0.29, 0.717) is 24.0 Å². The largest absolute Gasteiger partial charge is 0.497 e. The Morgan fingerprint density at radius 3 is 2.58 bits per heavy atom. The average Bonchev–Trinajstić information content (AvgIpc) is 2.38. The van der Waals surface area contributed by atoms with Gasteiger partial charge < -0.3 is 9.47 Å². The van der Waals surface area contributed by atoms with E-state index in [2.05, 4.69) is 5.48 Å². The van der Waals surface area contributed by atoms with Crippen molar-refractivity contribution in [3.05, 3.63) is 23.8 Å². The molecule has 0 bridgehead atoms. The number of hydrogen-bond acceptors (Lipinski definition) is 4. The van der Waals surface area contributed by atoms with Gasteiger partial charge in [0.05, 0.1) is 27.2 Å². The van der Waals surface area contributed by atoms with Gasteiger partial charge in [0, 0.05) is 11.6 Å². The van der Waals surface area contributed by atoms with Crippen molar-refractivity contribution in [2.24, 2.45) is 5.92 Å². The fourth-order valence-electron chi connectivity index (χ4n) is 1.50. The molecule has 0 saturated carbocycles. The number of ether oxygens (including phenoxy) is 2. The molecular weight excluding hydrogens is 246 g/mol. The van der Waals surface area contributed by atoms with Crippen LogP contribution in [-0.4, -0.2) is 26.7 Å². The van der Waals surface area contributed by atoms with Gasteiger partial charge in [0.25, 0.3) is 0 Å². The van der Waals surface area contributed by atoms with Crippen molar-refractivity contribution in [1.29, 1.82) is 0 Å². The maximum Gasteiger partial charge on any atom is 0.248 e. The predicted octanol–water partition coefficient (Wildman–Crippen LogP) is 1.95. The van der Waals surface area contributed by atoms with Crippen molar-refractivity contribution >= 4 is 5.91 Å². The van der Waals surface area contributed by atoms with Gasteiger partial charge in [-0.3, -0.25) is 9.63 Å². The van der Waals surface area contributed by atoms with E-state index in [4.69, 9.17) is 14.3 Å². The summed E-state index contributed by atoms with van der Waals surface area (Å²) in [5, 5.41) is 0. The van der Waals surface area contributed by atoms with Gasteiger partial charge in [-0.25, -0.2) is 5.48 Å². The summed E-state index contributed by atoms with van der Waals surface area (Å²) in [6, 6.07) is 5.34. The third-order valence-corrected chi connectivity index (χ3v) is 2.45. The lowest BCUT2D eigenvalue weighted by Gasteiger charge is -2.11. The van der Waals surface area contributed by atoms with Gasteiger partial charge in [0.15, 0.2) is 0 Å². The molecule has 0 aliphatic heterocycles. The van der Waals surface area contributed by atoms with Crippen molar-refractivity contribution in [2.75, 3.05) is 20.8 Å². The SMILES string of the molecule is COc1ccc(CC(=O)NOCC(C)C)c(OC)c1. The Labute approximate surface area is 113 Å². The van der Waals surface area contributed by atoms with Crippen molar-refractivity contribution in [3.63, 3.8) is 0 Å². The second kappa shape index (κ2) is 7.63. The number of nitrogens with one attached hydrogen (secondary N) is 1. The van der Waals surface area contributed by atoms with Crippen LogP contribution in [0.25, 0.3) is 0 Å². The van der Waals surface area contributed by atoms with Gasteiger partial charge in [0.2, 0.25) is 5.91 Å². The van der Waals surface area contributed by atoms with Crippen LogP contribution in [0.2, 0.25) is 0 Å². The Bertz CT molecular complexity index is 418. The number of amides is 1. The monoisotopic (exact) mass is 267 g/mol. The van der Waals surface area contributed by atoms with Crippen LogP contribution in [0.5, 0.6) is 11.5 Å². The fraction of sp³-hybridized carbons (Fsp3) is 0.500. The maximum atomic E-state index is 11.7. The summed E-state index contributed by atoms with van der Waals surface area (Å²) in [4.78, 5) is 16.8. The number of carbonyl (C=O) groups is 1. The van der Waals surface area contributed by atoms with E-state index in [0.717, 1.165) is 5.56 Å². The predicted molar refractivity (Wildman–Crippen MR) is 72.2 cm³/mol. The molecule has 0 aromatic heterocycles. The van der Waals surface area contributed by atoms with Crippen LogP contribution in [0.1, 0.15) is 19.4 Å². The van der Waals surface area contributed by atoms with Crippen LogP contribution in [0.4, 0.5) is 0 Å². The summed E-state index contributed by atoms with van der Waals surface area (Å²) in [7, 11) is 3.15. The molecule has 0 heterocycles. The first-order valence-corrected chi connectivity index (χ1v) is 6.18. The maximum absolute atomic E-state index is 11.7. The number of carbonyl (C=O) groups excluding carboxylic acids is 1. The minimum atomic E-state index is -0.205. The minimum Gasteiger partial charge on any atom is -0.497 e. The number of hydroxylamine groups is 1. The quantitative estimate of drug-likeness (QED) is 0.767. The zero-order valence-corrected chi connectivity index (χ0v) is 11.9. The first-order valence-electron chi connectivity index (χ1n) is 6.18. The lowest BCUT2D eigenvalue weighted by Crippen LogP contribution is -2.27. The summed E-state index contributed by atoms with van der Waals surface area (Å²) < 4.78 is 10.3. The average molecular weight is 267 g/mol. The summed E-state index contributed by atoms with van der Waals surface area (Å²) in [6.45, 7) is 4.52. The molecule has 0 fully saturated rings. The topological polar surface area (TPSA) is 56.8 Å². The third-order valence-electron chi connectivity index (χ3n) is 2.45. The molecule has 0 atom stereocenters. The van der Waals surface area contributed by atoms with Crippen LogP contribution in [-0.2, 0) is 16.1 Å². The molecule has 0 aliphatic carbocycles. The molecule has 0 radical (unpaired) electrons. The highest BCUT2D eigenvalue weighted by Gasteiger charge is 2.10. The van der Waals surface area contributed by atoms with E-state index < -0.39 is 0 Å². The fourth-order valence-corrected chi connectivity index (χ4v) is 1.50. The van der Waals surface area contributed by atoms with E-state index in [1.807, 2.05) is 13.8 Å². The molecule has 1 rings (SSSR count). The molecular formula is C14H21NO4. The molecule has 0 saturated heterocycles. The molecule has 106 valence electrons. The highest BCUT2D eigenvalue weighted by atomic mass is 16.6. The molecule has 1 aromatic rings. The summed E-state index contributed by atoms with van der Waals surface area (Å²) in [5.41, 5.74) is 3.20. The molecule has 5 nitrogen and oxygen atoms in total. The zero-order valence-electron chi connectivity index (χ0n) is 11.9. The Hall–Kier alpha value is -1.75. The zero-order chi connectivity index (χ0) is 14.3. The smallest absolute Gasteiger partial charge is 0.248 e. The summed E-state index contributed by atoms with van der Waals surface area (Å²) >= 11 is 0.